The van der Waals surface area contributed by atoms with Gasteiger partial charge in [-0.25, -0.2) is 0 Å². The molecule has 0 N–H and O–H groups in total. The van der Waals surface area contributed by atoms with Gasteiger partial charge in [-0.05, 0) is 51.9 Å². The Balaban J connectivity index is 1.33. The lowest BCUT2D eigenvalue weighted by molar-refractivity contribution is 0.0613. The Morgan fingerprint density at radius 2 is 1.43 bits per heavy atom. The minimum atomic E-state index is 0.864. The molecule has 3 rings (SSSR count). The Morgan fingerprint density at radius 3 is 2.05 bits per heavy atom. The summed E-state index contributed by atoms with van der Waals surface area (Å²) in [6.45, 7) is 15.4. The van der Waals surface area contributed by atoms with Crippen molar-refractivity contribution in [3.63, 3.8) is 0 Å². The zero-order chi connectivity index (χ0) is 14.7. The first-order valence-electron chi connectivity index (χ1n) is 9.08. The van der Waals surface area contributed by atoms with Gasteiger partial charge < -0.3 is 9.80 Å². The molecule has 3 heterocycles. The molecule has 122 valence electrons. The van der Waals surface area contributed by atoms with Gasteiger partial charge >= 0.3 is 0 Å². The third-order valence-corrected chi connectivity index (χ3v) is 5.85. The lowest BCUT2D eigenvalue weighted by Crippen LogP contribution is -2.53. The highest BCUT2D eigenvalue weighted by molar-refractivity contribution is 4.83. The summed E-state index contributed by atoms with van der Waals surface area (Å²) in [5.41, 5.74) is 0. The SMILES string of the molecule is CC1CCN(CCN2CCN(C3CCN(C)CC3)CC2)C1. The van der Waals surface area contributed by atoms with Gasteiger partial charge in [-0.2, -0.15) is 0 Å². The Labute approximate surface area is 131 Å². The van der Waals surface area contributed by atoms with Crippen LogP contribution in [0.25, 0.3) is 0 Å². The number of nitrogens with zero attached hydrogens (tertiary/aromatic N) is 4. The largest absolute Gasteiger partial charge is 0.306 e. The molecule has 3 saturated heterocycles. The summed E-state index contributed by atoms with van der Waals surface area (Å²) in [6.07, 6.45) is 4.16. The molecule has 0 amide bonds. The van der Waals surface area contributed by atoms with E-state index in [2.05, 4.69) is 33.6 Å². The predicted octanol–water partition coefficient (Wildman–Crippen LogP) is 1.04. The highest BCUT2D eigenvalue weighted by atomic mass is 15.3. The standard InChI is InChI=1S/C17H34N4/c1-16-3-8-20(15-16)10-9-19-11-13-21(14-12-19)17-4-6-18(2)7-5-17/h16-17H,3-15H2,1-2H3. The monoisotopic (exact) mass is 294 g/mol. The van der Waals surface area contributed by atoms with E-state index in [0.29, 0.717) is 0 Å². The van der Waals surface area contributed by atoms with Crippen molar-refractivity contribution >= 4 is 0 Å². The van der Waals surface area contributed by atoms with Gasteiger partial charge in [0.15, 0.2) is 0 Å². The maximum Gasteiger partial charge on any atom is 0.0121 e. The van der Waals surface area contributed by atoms with Crippen molar-refractivity contribution in [1.82, 2.24) is 19.6 Å². The molecule has 1 atom stereocenters. The minimum Gasteiger partial charge on any atom is -0.306 e. The lowest BCUT2D eigenvalue weighted by Gasteiger charge is -2.42. The van der Waals surface area contributed by atoms with Crippen molar-refractivity contribution in [3.8, 4) is 0 Å². The minimum absolute atomic E-state index is 0.864. The van der Waals surface area contributed by atoms with Crippen LogP contribution in [0.1, 0.15) is 26.2 Å². The van der Waals surface area contributed by atoms with Crippen LogP contribution in [0.5, 0.6) is 0 Å². The number of hydrogen-bond acceptors (Lipinski definition) is 4. The molecule has 0 aliphatic carbocycles. The average Bonchev–Trinajstić information content (AvgIpc) is 2.92. The van der Waals surface area contributed by atoms with E-state index in [4.69, 9.17) is 0 Å². The van der Waals surface area contributed by atoms with Gasteiger partial charge in [0.25, 0.3) is 0 Å². The molecular formula is C17H34N4. The number of piperidine rings is 1. The van der Waals surface area contributed by atoms with Crippen LogP contribution in [0.2, 0.25) is 0 Å². The lowest BCUT2D eigenvalue weighted by atomic mass is 10.0. The maximum atomic E-state index is 2.77. The van der Waals surface area contributed by atoms with E-state index >= 15 is 0 Å². The molecule has 3 aliphatic heterocycles. The van der Waals surface area contributed by atoms with E-state index in [1.54, 1.807) is 0 Å². The second kappa shape index (κ2) is 7.40. The van der Waals surface area contributed by atoms with E-state index in [-0.39, 0.29) is 0 Å². The Kier molecular flexibility index (Phi) is 5.54. The van der Waals surface area contributed by atoms with E-state index < -0.39 is 0 Å². The van der Waals surface area contributed by atoms with Gasteiger partial charge in [-0.15, -0.1) is 0 Å². The van der Waals surface area contributed by atoms with Gasteiger partial charge in [-0.1, -0.05) is 6.92 Å². The third-order valence-electron chi connectivity index (χ3n) is 5.85. The van der Waals surface area contributed by atoms with Gasteiger partial charge in [0.2, 0.25) is 0 Å². The van der Waals surface area contributed by atoms with Crippen molar-refractivity contribution in [2.24, 2.45) is 5.92 Å². The maximum absolute atomic E-state index is 2.77. The van der Waals surface area contributed by atoms with Crippen LogP contribution in [-0.2, 0) is 0 Å². The summed E-state index contributed by atoms with van der Waals surface area (Å²) in [5, 5.41) is 0. The molecule has 0 spiro atoms. The molecule has 0 aromatic heterocycles. The van der Waals surface area contributed by atoms with Crippen molar-refractivity contribution in [2.75, 3.05) is 72.5 Å². The van der Waals surface area contributed by atoms with Gasteiger partial charge in [0.1, 0.15) is 0 Å². The smallest absolute Gasteiger partial charge is 0.0121 e. The highest BCUT2D eigenvalue weighted by Gasteiger charge is 2.26. The summed E-state index contributed by atoms with van der Waals surface area (Å²) in [7, 11) is 2.26. The van der Waals surface area contributed by atoms with Crippen LogP contribution in [0.4, 0.5) is 0 Å². The molecule has 21 heavy (non-hydrogen) atoms. The highest BCUT2D eigenvalue weighted by Crippen LogP contribution is 2.18. The molecule has 4 nitrogen and oxygen atoms in total. The zero-order valence-corrected chi connectivity index (χ0v) is 14.1. The topological polar surface area (TPSA) is 13.0 Å². The van der Waals surface area contributed by atoms with Gasteiger partial charge in [-0.3, -0.25) is 9.80 Å². The van der Waals surface area contributed by atoms with Crippen molar-refractivity contribution in [1.29, 1.82) is 0 Å². The molecule has 0 radical (unpaired) electrons. The summed E-state index contributed by atoms with van der Waals surface area (Å²) in [6, 6.07) is 0.864. The molecule has 4 heteroatoms. The first kappa shape index (κ1) is 15.7. The van der Waals surface area contributed by atoms with E-state index in [0.717, 1.165) is 12.0 Å². The van der Waals surface area contributed by atoms with Crippen LogP contribution in [-0.4, -0.2) is 98.1 Å². The molecule has 3 fully saturated rings. The Hall–Kier alpha value is -0.160. The molecule has 0 bridgehead atoms. The van der Waals surface area contributed by atoms with Crippen molar-refractivity contribution < 1.29 is 0 Å². The van der Waals surface area contributed by atoms with E-state index in [1.165, 1.54) is 84.7 Å². The van der Waals surface area contributed by atoms with Crippen LogP contribution >= 0.6 is 0 Å². The van der Waals surface area contributed by atoms with Crippen LogP contribution in [0.15, 0.2) is 0 Å². The van der Waals surface area contributed by atoms with Crippen molar-refractivity contribution in [2.45, 2.75) is 32.2 Å². The Bertz CT molecular complexity index is 306. The van der Waals surface area contributed by atoms with Gasteiger partial charge in [0.05, 0.1) is 0 Å². The molecule has 0 saturated carbocycles. The fraction of sp³-hybridized carbons (Fsp3) is 1.00. The Morgan fingerprint density at radius 1 is 0.762 bits per heavy atom. The van der Waals surface area contributed by atoms with Crippen LogP contribution in [0.3, 0.4) is 0 Å². The average molecular weight is 294 g/mol. The molecule has 0 aromatic carbocycles. The van der Waals surface area contributed by atoms with Crippen LogP contribution in [0, 0.1) is 5.92 Å². The summed E-state index contributed by atoms with van der Waals surface area (Å²) in [4.78, 5) is 10.6. The van der Waals surface area contributed by atoms with E-state index in [1.807, 2.05) is 0 Å². The normalized spacial score (nSPS) is 32.0. The molecule has 0 aromatic rings. The third kappa shape index (κ3) is 4.41. The summed E-state index contributed by atoms with van der Waals surface area (Å²) < 4.78 is 0. The molecule has 3 aliphatic rings. The molecule has 1 unspecified atom stereocenters. The first-order chi connectivity index (χ1) is 10.2. The van der Waals surface area contributed by atoms with Gasteiger partial charge in [0, 0.05) is 51.9 Å². The number of piperazine rings is 1. The second-order valence-corrected chi connectivity index (χ2v) is 7.61. The second-order valence-electron chi connectivity index (χ2n) is 7.61. The predicted molar refractivity (Wildman–Crippen MR) is 88.8 cm³/mol. The van der Waals surface area contributed by atoms with E-state index in [9.17, 15) is 0 Å². The number of hydrogen-bond donors (Lipinski definition) is 0. The number of rotatable bonds is 4. The first-order valence-corrected chi connectivity index (χ1v) is 9.08. The fourth-order valence-electron chi connectivity index (χ4n) is 4.22. The fourth-order valence-corrected chi connectivity index (χ4v) is 4.22. The summed E-state index contributed by atoms with van der Waals surface area (Å²) >= 11 is 0. The quantitative estimate of drug-likeness (QED) is 0.768. The molecular weight excluding hydrogens is 260 g/mol. The zero-order valence-electron chi connectivity index (χ0n) is 14.1. The van der Waals surface area contributed by atoms with Crippen molar-refractivity contribution in [3.05, 3.63) is 0 Å². The summed E-state index contributed by atoms with van der Waals surface area (Å²) in [5.74, 6) is 0.922. The number of likely N-dealkylation sites (tertiary alicyclic amines) is 2. The van der Waals surface area contributed by atoms with Crippen LogP contribution < -0.4 is 0 Å².